The number of carboxylic acid groups (broad SMARTS) is 2. The number of carbonyl (C=O) groups is 2. The van der Waals surface area contributed by atoms with Crippen molar-refractivity contribution in [1.82, 2.24) is 0 Å². The minimum atomic E-state index is -1.40. The third-order valence-electron chi connectivity index (χ3n) is 4.12. The van der Waals surface area contributed by atoms with E-state index in [1.54, 1.807) is 30.3 Å². The Balaban J connectivity index is 2.77. The normalized spacial score (nSPS) is 23.8. The lowest BCUT2D eigenvalue weighted by Gasteiger charge is -2.37. The van der Waals surface area contributed by atoms with E-state index in [2.05, 4.69) is 31.9 Å². The fourth-order valence-corrected chi connectivity index (χ4v) is 4.33. The van der Waals surface area contributed by atoms with E-state index >= 15 is 0 Å². The van der Waals surface area contributed by atoms with Gasteiger partial charge in [-0.25, -0.2) is 4.79 Å². The van der Waals surface area contributed by atoms with Gasteiger partial charge >= 0.3 is 11.9 Å². The van der Waals surface area contributed by atoms with Crippen molar-refractivity contribution in [3.8, 4) is 0 Å². The van der Waals surface area contributed by atoms with Gasteiger partial charge in [-0.3, -0.25) is 4.79 Å². The van der Waals surface area contributed by atoms with Gasteiger partial charge in [0.1, 0.15) is 0 Å². The van der Waals surface area contributed by atoms with Gasteiger partial charge < -0.3 is 10.2 Å². The minimum absolute atomic E-state index is 0.0283. The molecule has 7 heteroatoms. The van der Waals surface area contributed by atoms with E-state index in [4.69, 9.17) is 11.6 Å². The Hall–Kier alpha value is -1.11. The maximum atomic E-state index is 12.0. The first-order valence-electron chi connectivity index (χ1n) is 7.12. The second-order valence-corrected chi connectivity index (χ2v) is 7.74. The largest absolute Gasteiger partial charge is 0.481 e. The second-order valence-electron chi connectivity index (χ2n) is 5.72. The van der Waals surface area contributed by atoms with Crippen molar-refractivity contribution in [2.45, 2.75) is 19.3 Å². The van der Waals surface area contributed by atoms with Crippen LogP contribution in [0.3, 0.4) is 0 Å². The van der Waals surface area contributed by atoms with E-state index in [0.717, 1.165) is 0 Å². The molecule has 0 spiro atoms. The van der Waals surface area contributed by atoms with Crippen LogP contribution in [0, 0.1) is 5.41 Å². The SMILES string of the molecule is CC1(C(=O)O)C=C(CCBr)C(Br)=C(C(=O)O)C1c1cccc(Cl)c1. The smallest absolute Gasteiger partial charge is 0.333 e. The zero-order chi connectivity index (χ0) is 18.1. The molecule has 0 heterocycles. The average molecular weight is 479 g/mol. The number of rotatable bonds is 5. The van der Waals surface area contributed by atoms with E-state index in [9.17, 15) is 19.8 Å². The molecule has 0 fully saturated rings. The molecule has 1 aliphatic rings. The van der Waals surface area contributed by atoms with Crippen LogP contribution in [-0.2, 0) is 9.59 Å². The molecule has 1 aliphatic carbocycles. The summed E-state index contributed by atoms with van der Waals surface area (Å²) in [5.41, 5.74) is -0.156. The molecular weight excluding hydrogens is 463 g/mol. The second kappa shape index (κ2) is 7.42. The van der Waals surface area contributed by atoms with Crippen molar-refractivity contribution in [3.05, 3.63) is 56.6 Å². The molecule has 128 valence electrons. The van der Waals surface area contributed by atoms with Crippen molar-refractivity contribution in [3.63, 3.8) is 0 Å². The number of hydrogen-bond donors (Lipinski definition) is 2. The molecule has 0 aliphatic heterocycles. The van der Waals surface area contributed by atoms with Crippen LogP contribution in [0.25, 0.3) is 0 Å². The van der Waals surface area contributed by atoms with Gasteiger partial charge in [-0.1, -0.05) is 45.7 Å². The lowest BCUT2D eigenvalue weighted by Crippen LogP contribution is -2.38. The number of allylic oxidation sites excluding steroid dienone is 2. The highest BCUT2D eigenvalue weighted by atomic mass is 79.9. The Bertz CT molecular complexity index is 757. The summed E-state index contributed by atoms with van der Waals surface area (Å²) in [4.78, 5) is 24.0. The quantitative estimate of drug-likeness (QED) is 0.586. The number of hydrogen-bond acceptors (Lipinski definition) is 2. The Kier molecular flexibility index (Phi) is 5.94. The van der Waals surface area contributed by atoms with Crippen LogP contribution in [-0.4, -0.2) is 27.5 Å². The minimum Gasteiger partial charge on any atom is -0.481 e. The summed E-state index contributed by atoms with van der Waals surface area (Å²) >= 11 is 12.7. The van der Waals surface area contributed by atoms with Gasteiger partial charge in [-0.15, -0.1) is 0 Å². The molecule has 24 heavy (non-hydrogen) atoms. The Morgan fingerprint density at radius 1 is 1.33 bits per heavy atom. The predicted molar refractivity (Wildman–Crippen MR) is 100 cm³/mol. The van der Waals surface area contributed by atoms with Crippen LogP contribution in [0.4, 0.5) is 0 Å². The monoisotopic (exact) mass is 476 g/mol. The third kappa shape index (κ3) is 3.46. The maximum absolute atomic E-state index is 12.0. The highest BCUT2D eigenvalue weighted by Gasteiger charge is 2.48. The van der Waals surface area contributed by atoms with Gasteiger partial charge in [0, 0.05) is 20.8 Å². The van der Waals surface area contributed by atoms with Crippen molar-refractivity contribution < 1.29 is 19.8 Å². The van der Waals surface area contributed by atoms with E-state index in [1.807, 2.05) is 0 Å². The number of alkyl halides is 1. The van der Waals surface area contributed by atoms with E-state index in [-0.39, 0.29) is 5.57 Å². The van der Waals surface area contributed by atoms with E-state index in [0.29, 0.717) is 32.4 Å². The standard InChI is InChI=1S/C17H15Br2ClO4/c1-17(16(23)24)8-10(5-6-18)14(19)12(15(21)22)13(17)9-3-2-4-11(20)7-9/h2-4,7-8,13H,5-6H2,1H3,(H,21,22)(H,23,24). The molecule has 2 unspecified atom stereocenters. The van der Waals surface area contributed by atoms with Gasteiger partial charge in [0.2, 0.25) is 0 Å². The van der Waals surface area contributed by atoms with Crippen molar-refractivity contribution in [2.75, 3.05) is 5.33 Å². The van der Waals surface area contributed by atoms with Crippen LogP contribution < -0.4 is 0 Å². The van der Waals surface area contributed by atoms with Gasteiger partial charge in [-0.05, 0) is 52.5 Å². The van der Waals surface area contributed by atoms with E-state index < -0.39 is 23.3 Å². The Morgan fingerprint density at radius 3 is 2.50 bits per heavy atom. The molecule has 0 saturated carbocycles. The molecule has 4 nitrogen and oxygen atoms in total. The van der Waals surface area contributed by atoms with Crippen LogP contribution in [0.2, 0.25) is 5.02 Å². The molecule has 1 aromatic carbocycles. The highest BCUT2D eigenvalue weighted by Crippen LogP contribution is 2.51. The molecule has 1 aromatic rings. The number of carboxylic acids is 2. The maximum Gasteiger partial charge on any atom is 0.333 e. The van der Waals surface area contributed by atoms with Crippen LogP contribution in [0.5, 0.6) is 0 Å². The summed E-state index contributed by atoms with van der Waals surface area (Å²) in [5.74, 6) is -3.10. The van der Waals surface area contributed by atoms with Gasteiger partial charge in [0.15, 0.2) is 0 Å². The predicted octanol–water partition coefficient (Wildman–Crippen LogP) is 4.97. The van der Waals surface area contributed by atoms with Crippen LogP contribution in [0.1, 0.15) is 24.8 Å². The molecule has 2 rings (SSSR count). The fourth-order valence-electron chi connectivity index (χ4n) is 2.99. The zero-order valence-corrected chi connectivity index (χ0v) is 16.7. The van der Waals surface area contributed by atoms with Gasteiger partial charge in [0.25, 0.3) is 0 Å². The van der Waals surface area contributed by atoms with Crippen LogP contribution in [0.15, 0.2) is 46.0 Å². The third-order valence-corrected chi connectivity index (χ3v) is 5.69. The fraction of sp³-hybridized carbons (Fsp3) is 0.294. The summed E-state index contributed by atoms with van der Waals surface area (Å²) in [6, 6.07) is 6.66. The highest BCUT2D eigenvalue weighted by molar-refractivity contribution is 9.12. The summed E-state index contributed by atoms with van der Waals surface area (Å²) in [6.45, 7) is 1.54. The summed E-state index contributed by atoms with van der Waals surface area (Å²) < 4.78 is 0.429. The Morgan fingerprint density at radius 2 is 2.00 bits per heavy atom. The van der Waals surface area contributed by atoms with Gasteiger partial charge in [0.05, 0.1) is 11.0 Å². The molecular formula is C17H15Br2ClO4. The first-order valence-corrected chi connectivity index (χ1v) is 9.41. The number of halogens is 3. The molecule has 0 aromatic heterocycles. The summed E-state index contributed by atoms with van der Waals surface area (Å²) in [6.07, 6.45) is 2.15. The first-order chi connectivity index (χ1) is 11.2. The zero-order valence-electron chi connectivity index (χ0n) is 12.7. The summed E-state index contributed by atoms with van der Waals surface area (Å²) in [5, 5.41) is 20.6. The molecule has 0 bridgehead atoms. The molecule has 0 radical (unpaired) electrons. The summed E-state index contributed by atoms with van der Waals surface area (Å²) in [7, 11) is 0. The molecule has 2 atom stereocenters. The van der Waals surface area contributed by atoms with Crippen LogP contribution >= 0.6 is 43.5 Å². The molecule has 0 saturated heterocycles. The van der Waals surface area contributed by atoms with Crippen molar-refractivity contribution >= 4 is 55.4 Å². The van der Waals surface area contributed by atoms with Crippen molar-refractivity contribution in [1.29, 1.82) is 0 Å². The number of aliphatic carboxylic acids is 2. The van der Waals surface area contributed by atoms with Crippen molar-refractivity contribution in [2.24, 2.45) is 5.41 Å². The lowest BCUT2D eigenvalue weighted by molar-refractivity contribution is -0.146. The topological polar surface area (TPSA) is 74.6 Å². The lowest BCUT2D eigenvalue weighted by atomic mass is 9.65. The van der Waals surface area contributed by atoms with Gasteiger partial charge in [-0.2, -0.15) is 0 Å². The Labute approximate surface area is 161 Å². The average Bonchev–Trinajstić information content (AvgIpc) is 2.50. The van der Waals surface area contributed by atoms with E-state index in [1.165, 1.54) is 6.92 Å². The molecule has 0 amide bonds. The first kappa shape index (κ1) is 19.2. The molecule has 2 N–H and O–H groups in total. The number of benzene rings is 1.